The van der Waals surface area contributed by atoms with E-state index in [-0.39, 0.29) is 0 Å². The van der Waals surface area contributed by atoms with E-state index in [1.807, 2.05) is 24.3 Å². The Bertz CT molecular complexity index is 797. The van der Waals surface area contributed by atoms with Gasteiger partial charge in [-0.05, 0) is 29.8 Å². The predicted molar refractivity (Wildman–Crippen MR) is 82.3 cm³/mol. The zero-order chi connectivity index (χ0) is 15.7. The molecule has 22 heavy (non-hydrogen) atoms. The molecule has 6 nitrogen and oxygen atoms in total. The van der Waals surface area contributed by atoms with Gasteiger partial charge in [0.15, 0.2) is 0 Å². The minimum atomic E-state index is -3.48. The van der Waals surface area contributed by atoms with Crippen LogP contribution in [0.15, 0.2) is 52.2 Å². The number of rotatable bonds is 4. The fourth-order valence-electron chi connectivity index (χ4n) is 2.48. The molecule has 0 saturated heterocycles. The van der Waals surface area contributed by atoms with Gasteiger partial charge in [-0.2, -0.15) is 9.52 Å². The summed E-state index contributed by atoms with van der Waals surface area (Å²) in [5.74, 6) is 1.26. The minimum absolute atomic E-state index is 0.398. The molecule has 0 unspecified atom stereocenters. The Hall–Kier alpha value is -2.28. The van der Waals surface area contributed by atoms with Gasteiger partial charge in [-0.3, -0.25) is 0 Å². The van der Waals surface area contributed by atoms with E-state index in [0.29, 0.717) is 23.6 Å². The number of hydrazone groups is 1. The van der Waals surface area contributed by atoms with E-state index in [9.17, 15) is 8.42 Å². The molecule has 0 fully saturated rings. The number of nitrogens with zero attached hydrogens (tertiary/aromatic N) is 2. The molecule has 1 aliphatic rings. The van der Waals surface area contributed by atoms with Gasteiger partial charge in [0.1, 0.15) is 17.2 Å². The van der Waals surface area contributed by atoms with Crippen molar-refractivity contribution in [2.45, 2.75) is 12.5 Å². The fourth-order valence-corrected chi connectivity index (χ4v) is 3.39. The first-order valence-corrected chi connectivity index (χ1v) is 8.58. The molecular weight excluding hydrogens is 304 g/mol. The molecular formula is C15H16N2O4S. The van der Waals surface area contributed by atoms with E-state index >= 15 is 0 Å². The van der Waals surface area contributed by atoms with Crippen LogP contribution >= 0.6 is 0 Å². The average molecular weight is 320 g/mol. The molecule has 0 N–H and O–H groups in total. The van der Waals surface area contributed by atoms with Crippen LogP contribution in [0.4, 0.5) is 0 Å². The van der Waals surface area contributed by atoms with Gasteiger partial charge in [0.05, 0.1) is 25.7 Å². The molecule has 0 spiro atoms. The molecule has 2 heterocycles. The second kappa shape index (κ2) is 5.49. The Kier molecular flexibility index (Phi) is 3.66. The molecule has 1 aromatic carbocycles. The van der Waals surface area contributed by atoms with E-state index in [4.69, 9.17) is 9.15 Å². The van der Waals surface area contributed by atoms with Gasteiger partial charge >= 0.3 is 0 Å². The van der Waals surface area contributed by atoms with Crippen molar-refractivity contribution in [3.8, 4) is 5.75 Å². The monoisotopic (exact) mass is 320 g/mol. The second-order valence-electron chi connectivity index (χ2n) is 5.06. The van der Waals surface area contributed by atoms with E-state index < -0.39 is 16.1 Å². The van der Waals surface area contributed by atoms with Gasteiger partial charge in [-0.25, -0.2) is 8.42 Å². The van der Waals surface area contributed by atoms with Gasteiger partial charge in [-0.1, -0.05) is 12.1 Å². The van der Waals surface area contributed by atoms with E-state index in [2.05, 4.69) is 5.10 Å². The summed E-state index contributed by atoms with van der Waals surface area (Å²) in [6.45, 7) is 0. The van der Waals surface area contributed by atoms with Gasteiger partial charge < -0.3 is 9.15 Å². The average Bonchev–Trinajstić information content (AvgIpc) is 3.15. The maximum Gasteiger partial charge on any atom is 0.247 e. The highest BCUT2D eigenvalue weighted by atomic mass is 32.2. The van der Waals surface area contributed by atoms with Crippen molar-refractivity contribution < 1.29 is 17.6 Å². The molecule has 0 aliphatic carbocycles. The van der Waals surface area contributed by atoms with Crippen molar-refractivity contribution >= 4 is 15.7 Å². The summed E-state index contributed by atoms with van der Waals surface area (Å²) in [4.78, 5) is 0. The lowest BCUT2D eigenvalue weighted by Gasteiger charge is -2.21. The molecule has 0 saturated carbocycles. The fraction of sp³-hybridized carbons (Fsp3) is 0.267. The first kappa shape index (κ1) is 14.6. The molecule has 1 atom stereocenters. The SMILES string of the molecule is COc1cccc([C@H]2CC(c3ccco3)=NN2S(C)(=O)=O)c1. The van der Waals surface area contributed by atoms with Crippen molar-refractivity contribution in [1.82, 2.24) is 4.41 Å². The van der Waals surface area contributed by atoms with E-state index in [1.165, 1.54) is 0 Å². The number of hydrogen-bond acceptors (Lipinski definition) is 5. The van der Waals surface area contributed by atoms with Crippen molar-refractivity contribution in [2.75, 3.05) is 13.4 Å². The summed E-state index contributed by atoms with van der Waals surface area (Å²) >= 11 is 0. The van der Waals surface area contributed by atoms with Crippen LogP contribution in [-0.4, -0.2) is 31.9 Å². The van der Waals surface area contributed by atoms with Gasteiger partial charge in [0.25, 0.3) is 0 Å². The smallest absolute Gasteiger partial charge is 0.247 e. The van der Waals surface area contributed by atoms with Crippen LogP contribution in [0.2, 0.25) is 0 Å². The third-order valence-electron chi connectivity index (χ3n) is 3.50. The third kappa shape index (κ3) is 2.71. The van der Waals surface area contributed by atoms with Crippen LogP contribution in [0.3, 0.4) is 0 Å². The molecule has 3 rings (SSSR count). The third-order valence-corrected chi connectivity index (χ3v) is 4.51. The molecule has 116 valence electrons. The predicted octanol–water partition coefficient (Wildman–Crippen LogP) is 2.40. The Morgan fingerprint density at radius 2 is 2.14 bits per heavy atom. The maximum atomic E-state index is 12.0. The second-order valence-corrected chi connectivity index (χ2v) is 6.90. The number of ether oxygens (including phenoxy) is 1. The Labute approximate surface area is 129 Å². The van der Waals surface area contributed by atoms with Crippen LogP contribution in [-0.2, 0) is 10.0 Å². The van der Waals surface area contributed by atoms with Gasteiger partial charge in [-0.15, -0.1) is 0 Å². The first-order chi connectivity index (χ1) is 10.5. The van der Waals surface area contributed by atoms with Gasteiger partial charge in [0, 0.05) is 6.42 Å². The zero-order valence-corrected chi connectivity index (χ0v) is 13.1. The largest absolute Gasteiger partial charge is 0.497 e. The Morgan fingerprint density at radius 3 is 2.77 bits per heavy atom. The summed E-state index contributed by atoms with van der Waals surface area (Å²) in [7, 11) is -1.90. The number of furan rings is 1. The molecule has 7 heteroatoms. The quantitative estimate of drug-likeness (QED) is 0.867. The maximum absolute atomic E-state index is 12.0. The van der Waals surface area contributed by atoms with E-state index in [1.54, 1.807) is 25.5 Å². The Balaban J connectivity index is 2.00. The van der Waals surface area contributed by atoms with Crippen LogP contribution in [0.5, 0.6) is 5.75 Å². The van der Waals surface area contributed by atoms with Crippen molar-refractivity contribution in [3.63, 3.8) is 0 Å². The number of hydrogen-bond donors (Lipinski definition) is 0. The van der Waals surface area contributed by atoms with Gasteiger partial charge in [0.2, 0.25) is 10.0 Å². The highest BCUT2D eigenvalue weighted by Crippen LogP contribution is 2.35. The highest BCUT2D eigenvalue weighted by molar-refractivity contribution is 7.88. The number of benzene rings is 1. The van der Waals surface area contributed by atoms with Crippen molar-refractivity contribution in [3.05, 3.63) is 54.0 Å². The minimum Gasteiger partial charge on any atom is -0.497 e. The van der Waals surface area contributed by atoms with Crippen LogP contribution in [0.25, 0.3) is 0 Å². The van der Waals surface area contributed by atoms with Crippen molar-refractivity contribution in [2.24, 2.45) is 5.10 Å². The Morgan fingerprint density at radius 1 is 1.32 bits per heavy atom. The summed E-state index contributed by atoms with van der Waals surface area (Å²) in [5, 5.41) is 4.24. The summed E-state index contributed by atoms with van der Waals surface area (Å²) in [6, 6.07) is 10.5. The molecule has 1 aromatic heterocycles. The lowest BCUT2D eigenvalue weighted by atomic mass is 10.0. The van der Waals surface area contributed by atoms with Crippen LogP contribution < -0.4 is 4.74 Å². The number of sulfonamides is 1. The standard InChI is InChI=1S/C15H16N2O4S/c1-20-12-6-3-5-11(9-12)14-10-13(15-7-4-8-21-15)16-17(14)22(2,18)19/h3-9,14H,10H2,1-2H3/t14-/m1/s1. The summed E-state index contributed by atoms with van der Waals surface area (Å²) in [6.07, 6.45) is 3.14. The molecule has 0 radical (unpaired) electrons. The van der Waals surface area contributed by atoms with Crippen LogP contribution in [0, 0.1) is 0 Å². The molecule has 0 bridgehead atoms. The summed E-state index contributed by atoms with van der Waals surface area (Å²) < 4.78 is 35.8. The van der Waals surface area contributed by atoms with Crippen molar-refractivity contribution in [1.29, 1.82) is 0 Å². The highest BCUT2D eigenvalue weighted by Gasteiger charge is 2.35. The number of methoxy groups -OCH3 is 1. The zero-order valence-electron chi connectivity index (χ0n) is 12.3. The first-order valence-electron chi connectivity index (χ1n) is 6.74. The molecule has 2 aromatic rings. The lowest BCUT2D eigenvalue weighted by Crippen LogP contribution is -2.25. The molecule has 1 aliphatic heterocycles. The molecule has 0 amide bonds. The van der Waals surface area contributed by atoms with E-state index in [0.717, 1.165) is 16.2 Å². The normalized spacial score (nSPS) is 18.4. The lowest BCUT2D eigenvalue weighted by molar-refractivity contribution is 0.371. The topological polar surface area (TPSA) is 72.1 Å². The summed E-state index contributed by atoms with van der Waals surface area (Å²) in [5.41, 5.74) is 1.44. The van der Waals surface area contributed by atoms with Crippen LogP contribution in [0.1, 0.15) is 23.8 Å².